The van der Waals surface area contributed by atoms with Crippen molar-refractivity contribution in [2.24, 2.45) is 10.8 Å². The van der Waals surface area contributed by atoms with E-state index in [4.69, 9.17) is 79.1 Å². The summed E-state index contributed by atoms with van der Waals surface area (Å²) >= 11 is 37.5. The molecule has 46 heavy (non-hydrogen) atoms. The van der Waals surface area contributed by atoms with E-state index in [1.807, 2.05) is 52.0 Å². The van der Waals surface area contributed by atoms with Gasteiger partial charge in [-0.05, 0) is 48.2 Å². The number of rotatable bonds is 10. The maximum Gasteiger partial charge on any atom is 0.338 e. The van der Waals surface area contributed by atoms with Crippen LogP contribution in [-0.4, -0.2) is 35.4 Å². The maximum absolute atomic E-state index is 12.6. The van der Waals surface area contributed by atoms with Gasteiger partial charge in [0.2, 0.25) is 0 Å². The summed E-state index contributed by atoms with van der Waals surface area (Å²) in [7, 11) is 0. The first kappa shape index (κ1) is 36.3. The van der Waals surface area contributed by atoms with Gasteiger partial charge in [0.25, 0.3) is 0 Å². The first-order valence-electron chi connectivity index (χ1n) is 14.0. The molecule has 0 fully saturated rings. The molecule has 0 atom stereocenters. The Balaban J connectivity index is 1.44. The van der Waals surface area contributed by atoms with E-state index in [-0.39, 0.29) is 55.9 Å². The van der Waals surface area contributed by atoms with Crippen molar-refractivity contribution in [1.29, 1.82) is 0 Å². The molecule has 0 bridgehead atoms. The third kappa shape index (κ3) is 8.46. The molecule has 0 aliphatic heterocycles. The third-order valence-corrected chi connectivity index (χ3v) is 9.31. The van der Waals surface area contributed by atoms with Crippen LogP contribution in [0.4, 0.5) is 0 Å². The van der Waals surface area contributed by atoms with Gasteiger partial charge in [0.15, 0.2) is 11.5 Å². The molecule has 0 saturated heterocycles. The molecule has 0 heterocycles. The topological polar surface area (TPSA) is 93.1 Å². The van der Waals surface area contributed by atoms with Crippen molar-refractivity contribution in [2.75, 3.05) is 13.2 Å². The number of phenols is 2. The van der Waals surface area contributed by atoms with Gasteiger partial charge in [-0.3, -0.25) is 0 Å². The van der Waals surface area contributed by atoms with Crippen LogP contribution in [0.25, 0.3) is 10.8 Å². The fourth-order valence-electron chi connectivity index (χ4n) is 4.88. The molecular formula is C34H30Cl6O6. The van der Waals surface area contributed by atoms with E-state index in [9.17, 15) is 19.8 Å². The second-order valence-electron chi connectivity index (χ2n) is 12.6. The zero-order chi connectivity index (χ0) is 34.1. The van der Waals surface area contributed by atoms with Crippen LogP contribution >= 0.6 is 69.6 Å². The Labute approximate surface area is 297 Å². The number of halogens is 6. The molecule has 2 N–H and O–H groups in total. The number of hydrogen-bond acceptors (Lipinski definition) is 6. The summed E-state index contributed by atoms with van der Waals surface area (Å²) in [6, 6.07) is 12.8. The van der Waals surface area contributed by atoms with Gasteiger partial charge in [-0.2, -0.15) is 0 Å². The Kier molecular flexibility index (Phi) is 11.2. The fraction of sp³-hybridized carbons (Fsp3) is 0.294. The zero-order valence-corrected chi connectivity index (χ0v) is 29.8. The third-order valence-electron chi connectivity index (χ3n) is 7.26. The summed E-state index contributed by atoms with van der Waals surface area (Å²) in [5.41, 5.74) is 1.00. The number of aromatic hydroxyl groups is 2. The highest BCUT2D eigenvalue weighted by Crippen LogP contribution is 2.39. The highest BCUT2D eigenvalue weighted by atomic mass is 35.5. The van der Waals surface area contributed by atoms with E-state index in [2.05, 4.69) is 0 Å². The lowest BCUT2D eigenvalue weighted by Crippen LogP contribution is -2.25. The van der Waals surface area contributed by atoms with Gasteiger partial charge in [-0.15, -0.1) is 0 Å². The molecule has 4 rings (SSSR count). The maximum atomic E-state index is 12.6. The molecule has 0 aromatic heterocycles. The predicted molar refractivity (Wildman–Crippen MR) is 186 cm³/mol. The number of phenolic OH excluding ortho intramolecular Hbond substituents is 2. The molecule has 0 radical (unpaired) electrons. The number of ether oxygens (including phenoxy) is 2. The minimum atomic E-state index is -0.618. The lowest BCUT2D eigenvalue weighted by Gasteiger charge is -2.26. The van der Waals surface area contributed by atoms with Crippen molar-refractivity contribution in [3.8, 4) is 11.5 Å². The Morgan fingerprint density at radius 2 is 0.891 bits per heavy atom. The van der Waals surface area contributed by atoms with Crippen molar-refractivity contribution in [3.05, 3.63) is 101 Å². The first-order valence-corrected chi connectivity index (χ1v) is 16.2. The highest BCUT2D eigenvalue weighted by Gasteiger charge is 2.27. The van der Waals surface area contributed by atoms with Gasteiger partial charge in [-0.25, -0.2) is 9.59 Å². The van der Waals surface area contributed by atoms with Crippen LogP contribution in [0.2, 0.25) is 30.1 Å². The Morgan fingerprint density at radius 3 is 1.20 bits per heavy atom. The Hall–Kier alpha value is -2.58. The molecule has 0 amide bonds. The molecule has 6 nitrogen and oxygen atoms in total. The molecule has 244 valence electrons. The molecule has 0 saturated carbocycles. The molecule has 0 aliphatic rings. The number of hydrogen-bond donors (Lipinski definition) is 2. The van der Waals surface area contributed by atoms with Gasteiger partial charge in [0, 0.05) is 21.6 Å². The van der Waals surface area contributed by atoms with Crippen molar-refractivity contribution in [1.82, 2.24) is 0 Å². The van der Waals surface area contributed by atoms with Crippen LogP contribution < -0.4 is 0 Å². The van der Waals surface area contributed by atoms with Crippen LogP contribution in [0.5, 0.6) is 11.5 Å². The monoisotopic (exact) mass is 744 g/mol. The van der Waals surface area contributed by atoms with E-state index in [1.54, 1.807) is 0 Å². The van der Waals surface area contributed by atoms with Crippen molar-refractivity contribution >= 4 is 92.3 Å². The minimum absolute atomic E-state index is 0.0439. The standard InChI is InChI=1S/C34H30Cl6O6/c1-33(2,15-45-31(43)19-9-23(35)29(41)24(36)10-19)13-17-5-7-22-21(27(17)39)8-6-18(28(22)40)14-34(3,4)16-46-32(44)20-11-25(37)30(42)26(38)12-20/h5-12,41-42H,13-16H2,1-4H3. The second-order valence-corrected chi connectivity index (χ2v) is 15.0. The second kappa shape index (κ2) is 14.3. The van der Waals surface area contributed by atoms with Gasteiger partial charge < -0.3 is 19.7 Å². The summed E-state index contributed by atoms with van der Waals surface area (Å²) in [4.78, 5) is 25.3. The summed E-state index contributed by atoms with van der Waals surface area (Å²) in [6.45, 7) is 7.98. The summed E-state index contributed by atoms with van der Waals surface area (Å²) in [5.74, 6) is -1.83. The van der Waals surface area contributed by atoms with Gasteiger partial charge in [-0.1, -0.05) is 122 Å². The van der Waals surface area contributed by atoms with Crippen LogP contribution in [0.15, 0.2) is 48.5 Å². The Bertz CT molecular complexity index is 1660. The van der Waals surface area contributed by atoms with Crippen LogP contribution in [-0.2, 0) is 22.3 Å². The number of benzene rings is 4. The van der Waals surface area contributed by atoms with E-state index in [0.29, 0.717) is 22.9 Å². The normalized spacial score (nSPS) is 12.0. The highest BCUT2D eigenvalue weighted by molar-refractivity contribution is 6.41. The molecule has 4 aromatic rings. The number of carbonyl (C=O) groups excluding carboxylic acids is 2. The molecular weight excluding hydrogens is 717 g/mol. The molecule has 4 aromatic carbocycles. The molecule has 0 unspecified atom stereocenters. The first-order chi connectivity index (χ1) is 21.4. The smallest absolute Gasteiger partial charge is 0.338 e. The summed E-state index contributed by atoms with van der Waals surface area (Å²) < 4.78 is 11.1. The largest absolute Gasteiger partial charge is 0.505 e. The molecule has 12 heteroatoms. The van der Waals surface area contributed by atoms with E-state index >= 15 is 0 Å². The fourth-order valence-corrected chi connectivity index (χ4v) is 6.45. The number of carbonyl (C=O) groups is 2. The lowest BCUT2D eigenvalue weighted by atomic mass is 9.84. The number of esters is 2. The summed E-state index contributed by atoms with van der Waals surface area (Å²) in [6.07, 6.45) is 1.00. The quantitative estimate of drug-likeness (QED) is 0.157. The van der Waals surface area contributed by atoms with Crippen LogP contribution in [0, 0.1) is 10.8 Å². The average molecular weight is 747 g/mol. The SMILES string of the molecule is CC(C)(COC(=O)c1cc(Cl)c(O)c(Cl)c1)Cc1ccc2c(Cl)c(CC(C)(C)COC(=O)c3cc(Cl)c(O)c(Cl)c3)ccc2c1Cl. The van der Waals surface area contributed by atoms with Crippen LogP contribution in [0.3, 0.4) is 0 Å². The van der Waals surface area contributed by atoms with Crippen LogP contribution in [0.1, 0.15) is 59.5 Å². The predicted octanol–water partition coefficient (Wildman–Crippen LogP) is 11.0. The van der Waals surface area contributed by atoms with Crippen molar-refractivity contribution in [3.63, 3.8) is 0 Å². The van der Waals surface area contributed by atoms with E-state index in [1.165, 1.54) is 24.3 Å². The van der Waals surface area contributed by atoms with Gasteiger partial charge in [0.1, 0.15) is 0 Å². The summed E-state index contributed by atoms with van der Waals surface area (Å²) in [5, 5.41) is 22.0. The lowest BCUT2D eigenvalue weighted by molar-refractivity contribution is 0.0335. The van der Waals surface area contributed by atoms with Gasteiger partial charge in [0.05, 0.1) is 54.5 Å². The van der Waals surface area contributed by atoms with Crippen molar-refractivity contribution in [2.45, 2.75) is 40.5 Å². The average Bonchev–Trinajstić information content (AvgIpc) is 2.98. The molecule has 0 spiro atoms. The zero-order valence-electron chi connectivity index (χ0n) is 25.2. The number of fused-ring (bicyclic) bond motifs is 1. The van der Waals surface area contributed by atoms with Gasteiger partial charge >= 0.3 is 11.9 Å². The molecule has 0 aliphatic carbocycles. The minimum Gasteiger partial charge on any atom is -0.505 e. The van der Waals surface area contributed by atoms with E-state index in [0.717, 1.165) is 21.9 Å². The van der Waals surface area contributed by atoms with Crippen molar-refractivity contribution < 1.29 is 29.3 Å². The Morgan fingerprint density at radius 1 is 0.587 bits per heavy atom. The van der Waals surface area contributed by atoms with E-state index < -0.39 is 22.8 Å².